The van der Waals surface area contributed by atoms with E-state index in [-0.39, 0.29) is 5.82 Å². The maximum Gasteiger partial charge on any atom is 0.331 e. The molecule has 1 heterocycles. The van der Waals surface area contributed by atoms with Crippen molar-refractivity contribution in [2.75, 3.05) is 5.32 Å². The SMILES string of the molecule is CCC(OC(=O)/C=C/c1cccc(Br)c1)C(=O)Nc1cc(C)on1. The number of hydrogen-bond acceptors (Lipinski definition) is 5. The van der Waals surface area contributed by atoms with Gasteiger partial charge >= 0.3 is 5.97 Å². The highest BCUT2D eigenvalue weighted by atomic mass is 79.9. The number of benzene rings is 1. The van der Waals surface area contributed by atoms with Crippen LogP contribution in [0.3, 0.4) is 0 Å². The summed E-state index contributed by atoms with van der Waals surface area (Å²) in [5.41, 5.74) is 0.844. The van der Waals surface area contributed by atoms with Gasteiger partial charge in [0.25, 0.3) is 5.91 Å². The van der Waals surface area contributed by atoms with E-state index < -0.39 is 18.0 Å². The Morgan fingerprint density at radius 1 is 1.42 bits per heavy atom. The lowest BCUT2D eigenvalue weighted by molar-refractivity contribution is -0.149. The Labute approximate surface area is 148 Å². The number of amides is 1. The Balaban J connectivity index is 1.93. The molecule has 0 aliphatic carbocycles. The number of ether oxygens (including phenoxy) is 1. The Bertz CT molecular complexity index is 755. The average Bonchev–Trinajstić information content (AvgIpc) is 2.95. The third-order valence-corrected chi connectivity index (χ3v) is 3.55. The Hall–Kier alpha value is -2.41. The third kappa shape index (κ3) is 5.34. The van der Waals surface area contributed by atoms with E-state index in [0.29, 0.717) is 12.2 Å². The van der Waals surface area contributed by atoms with Gasteiger partial charge in [-0.15, -0.1) is 0 Å². The number of carbonyl (C=O) groups is 2. The second kappa shape index (κ2) is 8.44. The molecule has 2 rings (SSSR count). The van der Waals surface area contributed by atoms with Gasteiger partial charge in [0.2, 0.25) is 0 Å². The lowest BCUT2D eigenvalue weighted by Crippen LogP contribution is -2.31. The normalized spacial score (nSPS) is 12.1. The van der Waals surface area contributed by atoms with E-state index in [9.17, 15) is 9.59 Å². The van der Waals surface area contributed by atoms with E-state index in [4.69, 9.17) is 9.26 Å². The summed E-state index contributed by atoms with van der Waals surface area (Å²) in [6, 6.07) is 9.04. The number of esters is 1. The Morgan fingerprint density at radius 3 is 2.83 bits per heavy atom. The van der Waals surface area contributed by atoms with Crippen LogP contribution in [0, 0.1) is 6.92 Å². The van der Waals surface area contributed by atoms with Crippen LogP contribution in [0.25, 0.3) is 6.08 Å². The summed E-state index contributed by atoms with van der Waals surface area (Å²) < 4.78 is 11.0. The molecule has 24 heavy (non-hydrogen) atoms. The Morgan fingerprint density at radius 2 is 2.21 bits per heavy atom. The standard InChI is InChI=1S/C17H17BrN2O4/c1-3-14(17(22)19-15-9-11(2)24-20-15)23-16(21)8-7-12-5-4-6-13(18)10-12/h4-10,14H,3H2,1-2H3,(H,19,20,22)/b8-7+. The quantitative estimate of drug-likeness (QED) is 0.598. The molecule has 1 aromatic heterocycles. The van der Waals surface area contributed by atoms with Crippen LogP contribution in [-0.2, 0) is 14.3 Å². The van der Waals surface area contributed by atoms with Crippen LogP contribution in [0.5, 0.6) is 0 Å². The maximum atomic E-state index is 12.1. The maximum absolute atomic E-state index is 12.1. The fraction of sp³-hybridized carbons (Fsp3) is 0.235. The molecule has 6 nitrogen and oxygen atoms in total. The van der Waals surface area contributed by atoms with Crippen molar-refractivity contribution in [2.45, 2.75) is 26.4 Å². The summed E-state index contributed by atoms with van der Waals surface area (Å²) in [4.78, 5) is 24.0. The number of rotatable bonds is 6. The summed E-state index contributed by atoms with van der Waals surface area (Å²) >= 11 is 3.36. The van der Waals surface area contributed by atoms with E-state index >= 15 is 0 Å². The largest absolute Gasteiger partial charge is 0.449 e. The molecule has 0 radical (unpaired) electrons. The number of hydrogen-bond donors (Lipinski definition) is 1. The van der Waals surface area contributed by atoms with E-state index in [1.807, 2.05) is 24.3 Å². The first kappa shape index (κ1) is 17.9. The first-order chi connectivity index (χ1) is 11.5. The van der Waals surface area contributed by atoms with Gasteiger partial charge in [0.05, 0.1) is 0 Å². The number of anilines is 1. The molecule has 0 fully saturated rings. The molecule has 2 aromatic rings. The van der Waals surface area contributed by atoms with Gasteiger partial charge in [-0.05, 0) is 37.1 Å². The summed E-state index contributed by atoms with van der Waals surface area (Å²) in [7, 11) is 0. The fourth-order valence-corrected chi connectivity index (χ4v) is 2.33. The molecule has 1 N–H and O–H groups in total. The van der Waals surface area contributed by atoms with E-state index in [2.05, 4.69) is 26.4 Å². The van der Waals surface area contributed by atoms with Crippen molar-refractivity contribution < 1.29 is 18.8 Å². The molecular weight excluding hydrogens is 376 g/mol. The second-order valence-electron chi connectivity index (χ2n) is 5.03. The molecule has 0 aliphatic rings. The number of aromatic nitrogens is 1. The molecule has 126 valence electrons. The zero-order chi connectivity index (χ0) is 17.5. The fourth-order valence-electron chi connectivity index (χ4n) is 1.91. The van der Waals surface area contributed by atoms with E-state index in [1.165, 1.54) is 6.08 Å². The molecule has 0 aliphatic heterocycles. The van der Waals surface area contributed by atoms with Crippen LogP contribution >= 0.6 is 15.9 Å². The minimum atomic E-state index is -0.901. The predicted molar refractivity (Wildman–Crippen MR) is 93.2 cm³/mol. The predicted octanol–water partition coefficient (Wildman–Crippen LogP) is 3.72. The number of nitrogens with one attached hydrogen (secondary N) is 1. The van der Waals surface area contributed by atoms with Crippen molar-refractivity contribution >= 4 is 39.7 Å². The average molecular weight is 393 g/mol. The van der Waals surface area contributed by atoms with Crippen molar-refractivity contribution in [1.29, 1.82) is 0 Å². The molecule has 1 unspecified atom stereocenters. The van der Waals surface area contributed by atoms with Crippen LogP contribution in [0.15, 0.2) is 45.4 Å². The van der Waals surface area contributed by atoms with Gasteiger partial charge in [-0.3, -0.25) is 4.79 Å². The topological polar surface area (TPSA) is 81.4 Å². The van der Waals surface area contributed by atoms with Gasteiger partial charge in [0.1, 0.15) is 5.76 Å². The molecule has 0 bridgehead atoms. The van der Waals surface area contributed by atoms with E-state index in [0.717, 1.165) is 10.0 Å². The zero-order valence-electron chi connectivity index (χ0n) is 13.3. The molecule has 1 aromatic carbocycles. The van der Waals surface area contributed by atoms with Crippen LogP contribution in [0.2, 0.25) is 0 Å². The Kier molecular flexibility index (Phi) is 6.31. The molecule has 0 saturated heterocycles. The first-order valence-corrected chi connectivity index (χ1v) is 8.15. The van der Waals surface area contributed by atoms with Gasteiger partial charge in [-0.2, -0.15) is 0 Å². The van der Waals surface area contributed by atoms with Gasteiger partial charge < -0.3 is 14.6 Å². The summed E-state index contributed by atoms with van der Waals surface area (Å²) in [5, 5.41) is 6.22. The van der Waals surface area contributed by atoms with Crippen molar-refractivity contribution in [2.24, 2.45) is 0 Å². The summed E-state index contributed by atoms with van der Waals surface area (Å²) in [6.45, 7) is 3.47. The summed E-state index contributed by atoms with van der Waals surface area (Å²) in [5.74, 6) is -0.174. The lowest BCUT2D eigenvalue weighted by atomic mass is 10.2. The van der Waals surface area contributed by atoms with Gasteiger partial charge in [-0.25, -0.2) is 4.79 Å². The number of nitrogens with zero attached hydrogens (tertiary/aromatic N) is 1. The highest BCUT2D eigenvalue weighted by molar-refractivity contribution is 9.10. The molecule has 0 spiro atoms. The number of halogens is 1. The highest BCUT2D eigenvalue weighted by Gasteiger charge is 2.21. The smallest absolute Gasteiger partial charge is 0.331 e. The van der Waals surface area contributed by atoms with Crippen molar-refractivity contribution in [3.8, 4) is 0 Å². The molecule has 1 atom stereocenters. The number of aryl methyl sites for hydroxylation is 1. The first-order valence-electron chi connectivity index (χ1n) is 7.36. The van der Waals surface area contributed by atoms with Crippen LogP contribution < -0.4 is 5.32 Å². The van der Waals surface area contributed by atoms with E-state index in [1.54, 1.807) is 26.0 Å². The monoisotopic (exact) mass is 392 g/mol. The molecule has 7 heteroatoms. The van der Waals surface area contributed by atoms with Gasteiger partial charge in [0, 0.05) is 16.6 Å². The third-order valence-electron chi connectivity index (χ3n) is 3.06. The minimum Gasteiger partial charge on any atom is -0.449 e. The highest BCUT2D eigenvalue weighted by Crippen LogP contribution is 2.13. The number of carbonyl (C=O) groups excluding carboxylic acids is 2. The van der Waals surface area contributed by atoms with Crippen molar-refractivity contribution in [3.05, 3.63) is 52.2 Å². The zero-order valence-corrected chi connectivity index (χ0v) is 14.9. The lowest BCUT2D eigenvalue weighted by Gasteiger charge is -2.13. The van der Waals surface area contributed by atoms with Crippen LogP contribution in [0.1, 0.15) is 24.7 Å². The minimum absolute atomic E-state index is 0.289. The van der Waals surface area contributed by atoms with Crippen molar-refractivity contribution in [3.63, 3.8) is 0 Å². The van der Waals surface area contributed by atoms with Gasteiger partial charge in [-0.1, -0.05) is 40.1 Å². The van der Waals surface area contributed by atoms with Crippen molar-refractivity contribution in [1.82, 2.24) is 5.16 Å². The van der Waals surface area contributed by atoms with Crippen LogP contribution in [0.4, 0.5) is 5.82 Å². The van der Waals surface area contributed by atoms with Gasteiger partial charge in [0.15, 0.2) is 11.9 Å². The molecule has 0 saturated carbocycles. The molecular formula is C17H17BrN2O4. The second-order valence-corrected chi connectivity index (χ2v) is 5.95. The van der Waals surface area contributed by atoms with Crippen LogP contribution in [-0.4, -0.2) is 23.1 Å². The molecule has 1 amide bonds. The summed E-state index contributed by atoms with van der Waals surface area (Å²) in [6.07, 6.45) is 2.36.